The topological polar surface area (TPSA) is 67.9 Å². The van der Waals surface area contributed by atoms with Crippen molar-refractivity contribution >= 4 is 11.9 Å². The van der Waals surface area contributed by atoms with Gasteiger partial charge in [-0.05, 0) is 48.5 Å². The lowest BCUT2D eigenvalue weighted by Gasteiger charge is -2.33. The number of carbonyl (C=O) groups excluding carboxylic acids is 2. The van der Waals surface area contributed by atoms with Gasteiger partial charge in [0.25, 0.3) is 5.91 Å². The summed E-state index contributed by atoms with van der Waals surface area (Å²) in [6, 6.07) is -0.364. The van der Waals surface area contributed by atoms with Gasteiger partial charge in [-0.25, -0.2) is 4.79 Å². The Hall–Kier alpha value is -1.14. The molecule has 126 valence electrons. The fourth-order valence-corrected chi connectivity index (χ4v) is 3.47. The van der Waals surface area contributed by atoms with Crippen LogP contribution in [0.5, 0.6) is 0 Å². The fourth-order valence-electron chi connectivity index (χ4n) is 3.47. The third kappa shape index (κ3) is 2.86. The molecule has 22 heavy (non-hydrogen) atoms. The van der Waals surface area contributed by atoms with Crippen LogP contribution in [0, 0.1) is 0 Å². The van der Waals surface area contributed by atoms with Crippen LogP contribution in [0.15, 0.2) is 0 Å². The molecule has 6 nitrogen and oxygen atoms in total. The predicted molar refractivity (Wildman–Crippen MR) is 82.5 cm³/mol. The van der Waals surface area contributed by atoms with Crippen LogP contribution in [-0.4, -0.2) is 52.3 Å². The van der Waals surface area contributed by atoms with E-state index in [9.17, 15) is 9.59 Å². The van der Waals surface area contributed by atoms with Crippen molar-refractivity contribution < 1.29 is 19.1 Å². The van der Waals surface area contributed by atoms with E-state index in [1.165, 1.54) is 4.90 Å². The molecule has 0 unspecified atom stereocenters. The number of hydrogen-bond donors (Lipinski definition) is 1. The second-order valence-corrected chi connectivity index (χ2v) is 8.30. The number of ether oxygens (including phenoxy) is 2. The lowest BCUT2D eigenvalue weighted by atomic mass is 9.79. The average molecular weight is 312 g/mol. The van der Waals surface area contributed by atoms with Gasteiger partial charge in [0.1, 0.15) is 0 Å². The van der Waals surface area contributed by atoms with Gasteiger partial charge in [-0.2, -0.15) is 0 Å². The van der Waals surface area contributed by atoms with E-state index in [0.29, 0.717) is 13.0 Å². The van der Waals surface area contributed by atoms with E-state index in [0.717, 1.165) is 0 Å². The van der Waals surface area contributed by atoms with Crippen LogP contribution in [-0.2, 0) is 14.3 Å². The van der Waals surface area contributed by atoms with Gasteiger partial charge in [-0.3, -0.25) is 9.69 Å². The molecule has 2 aliphatic heterocycles. The molecule has 1 spiro atoms. The van der Waals surface area contributed by atoms with E-state index < -0.39 is 16.7 Å². The number of imide groups is 1. The first-order valence-electron chi connectivity index (χ1n) is 7.78. The monoisotopic (exact) mass is 312 g/mol. The smallest absolute Gasteiger partial charge is 0.325 e. The third-order valence-corrected chi connectivity index (χ3v) is 4.28. The molecule has 2 saturated heterocycles. The van der Waals surface area contributed by atoms with Gasteiger partial charge in [-0.15, -0.1) is 0 Å². The third-order valence-electron chi connectivity index (χ3n) is 4.28. The number of urea groups is 1. The van der Waals surface area contributed by atoms with Crippen LogP contribution >= 0.6 is 0 Å². The van der Waals surface area contributed by atoms with Crippen LogP contribution in [0.4, 0.5) is 4.79 Å². The molecule has 0 saturated carbocycles. The lowest BCUT2D eigenvalue weighted by molar-refractivity contribution is -0.139. The predicted octanol–water partition coefficient (Wildman–Crippen LogP) is 2.07. The first-order chi connectivity index (χ1) is 9.80. The number of rotatable bonds is 3. The largest absolute Gasteiger partial charge is 0.374 e. The molecule has 2 aliphatic rings. The second kappa shape index (κ2) is 4.93. The van der Waals surface area contributed by atoms with Crippen molar-refractivity contribution in [3.05, 3.63) is 0 Å². The molecule has 0 aromatic carbocycles. The summed E-state index contributed by atoms with van der Waals surface area (Å²) in [7, 11) is 0. The number of amides is 3. The molecular weight excluding hydrogens is 284 g/mol. The Kier molecular flexibility index (Phi) is 3.86. The zero-order valence-electron chi connectivity index (χ0n) is 14.7. The summed E-state index contributed by atoms with van der Waals surface area (Å²) in [4.78, 5) is 26.4. The van der Waals surface area contributed by atoms with Gasteiger partial charge >= 0.3 is 6.03 Å². The minimum absolute atomic E-state index is 0.217. The first kappa shape index (κ1) is 17.2. The van der Waals surface area contributed by atoms with E-state index in [1.54, 1.807) is 0 Å². The summed E-state index contributed by atoms with van der Waals surface area (Å²) in [5.74, 6) is -0.217. The molecule has 0 aromatic rings. The van der Waals surface area contributed by atoms with Crippen molar-refractivity contribution in [2.24, 2.45) is 0 Å². The molecule has 0 radical (unpaired) electrons. The Morgan fingerprint density at radius 3 is 2.27 bits per heavy atom. The highest BCUT2D eigenvalue weighted by Gasteiger charge is 2.67. The van der Waals surface area contributed by atoms with Crippen molar-refractivity contribution in [3.8, 4) is 0 Å². The molecule has 2 fully saturated rings. The number of hydrogen-bond acceptors (Lipinski definition) is 4. The molecule has 2 heterocycles. The van der Waals surface area contributed by atoms with E-state index >= 15 is 0 Å². The Balaban J connectivity index is 2.15. The van der Waals surface area contributed by atoms with Crippen molar-refractivity contribution in [2.45, 2.75) is 77.2 Å². The highest BCUT2D eigenvalue weighted by molar-refractivity contribution is 6.08. The van der Waals surface area contributed by atoms with Gasteiger partial charge in [0.05, 0.1) is 30.0 Å². The minimum atomic E-state index is -0.991. The van der Waals surface area contributed by atoms with Crippen LogP contribution in [0.2, 0.25) is 0 Å². The molecule has 0 aliphatic carbocycles. The van der Waals surface area contributed by atoms with Gasteiger partial charge in [-0.1, -0.05) is 0 Å². The summed E-state index contributed by atoms with van der Waals surface area (Å²) in [5, 5.41) is 2.88. The zero-order chi connectivity index (χ0) is 17.0. The average Bonchev–Trinajstić information content (AvgIpc) is 2.61. The van der Waals surface area contributed by atoms with Crippen molar-refractivity contribution in [1.29, 1.82) is 0 Å². The van der Waals surface area contributed by atoms with Crippen LogP contribution in [0.25, 0.3) is 0 Å². The van der Waals surface area contributed by atoms with E-state index in [2.05, 4.69) is 5.32 Å². The van der Waals surface area contributed by atoms with E-state index in [1.807, 2.05) is 48.5 Å². The molecule has 1 N–H and O–H groups in total. The maximum absolute atomic E-state index is 12.9. The first-order valence-corrected chi connectivity index (χ1v) is 7.78. The summed E-state index contributed by atoms with van der Waals surface area (Å²) < 4.78 is 11.6. The van der Waals surface area contributed by atoms with Gasteiger partial charge in [0, 0.05) is 6.42 Å². The Labute approximate surface area is 132 Å². The van der Waals surface area contributed by atoms with Gasteiger partial charge in [0.2, 0.25) is 0 Å². The zero-order valence-corrected chi connectivity index (χ0v) is 14.7. The Morgan fingerprint density at radius 2 is 1.82 bits per heavy atom. The van der Waals surface area contributed by atoms with E-state index in [-0.39, 0.29) is 24.1 Å². The minimum Gasteiger partial charge on any atom is -0.374 e. The Morgan fingerprint density at radius 1 is 1.23 bits per heavy atom. The SMILES string of the molecule is CC(C)(C)OCCN1C(=O)N[C@@]2(CC(C)(C)OC2(C)C)C1=O. The molecule has 0 bridgehead atoms. The van der Waals surface area contributed by atoms with Crippen LogP contribution in [0.1, 0.15) is 54.9 Å². The number of nitrogens with one attached hydrogen (secondary N) is 1. The van der Waals surface area contributed by atoms with Crippen molar-refractivity contribution in [2.75, 3.05) is 13.2 Å². The van der Waals surface area contributed by atoms with Crippen LogP contribution in [0.3, 0.4) is 0 Å². The number of carbonyl (C=O) groups is 2. The quantitative estimate of drug-likeness (QED) is 0.810. The maximum Gasteiger partial charge on any atom is 0.325 e. The van der Waals surface area contributed by atoms with Crippen LogP contribution < -0.4 is 5.32 Å². The van der Waals surface area contributed by atoms with Gasteiger partial charge < -0.3 is 14.8 Å². The second-order valence-electron chi connectivity index (χ2n) is 8.30. The standard InChI is InChI=1S/C16H28N2O4/c1-13(2,3)21-9-8-18-11(19)16(17-12(18)20)10-14(4,5)22-15(16,6)7/h8-10H2,1-7H3,(H,17,20)/t16-/m0/s1. The van der Waals surface area contributed by atoms with Gasteiger partial charge in [0.15, 0.2) is 5.54 Å². The maximum atomic E-state index is 12.9. The Bertz CT molecular complexity index is 493. The molecular formula is C16H28N2O4. The summed E-state index contributed by atoms with van der Waals surface area (Å²) in [6.07, 6.45) is 0.466. The highest BCUT2D eigenvalue weighted by atomic mass is 16.5. The molecule has 0 aromatic heterocycles. The molecule has 1 atom stereocenters. The molecule has 6 heteroatoms. The summed E-state index contributed by atoms with van der Waals surface area (Å²) in [6.45, 7) is 14.0. The molecule has 3 amide bonds. The highest BCUT2D eigenvalue weighted by Crippen LogP contribution is 2.47. The summed E-state index contributed by atoms with van der Waals surface area (Å²) in [5.41, 5.74) is -2.49. The van der Waals surface area contributed by atoms with E-state index in [4.69, 9.17) is 9.47 Å². The normalized spacial score (nSPS) is 30.2. The lowest BCUT2D eigenvalue weighted by Crippen LogP contribution is -2.59. The van der Waals surface area contributed by atoms with Crippen molar-refractivity contribution in [3.63, 3.8) is 0 Å². The fraction of sp³-hybridized carbons (Fsp3) is 0.875. The number of nitrogens with zero attached hydrogens (tertiary/aromatic N) is 1. The molecule has 2 rings (SSSR count). The summed E-state index contributed by atoms with van der Waals surface area (Å²) >= 11 is 0. The van der Waals surface area contributed by atoms with Crippen molar-refractivity contribution in [1.82, 2.24) is 10.2 Å².